The van der Waals surface area contributed by atoms with Gasteiger partial charge in [0.15, 0.2) is 12.4 Å². The average molecular weight is 156 g/mol. The fourth-order valence-corrected chi connectivity index (χ4v) is 0.753. The van der Waals surface area contributed by atoms with Gasteiger partial charge in [0.25, 0.3) is 0 Å². The van der Waals surface area contributed by atoms with Crippen molar-refractivity contribution < 1.29 is 4.98 Å². The van der Waals surface area contributed by atoms with E-state index in [-0.39, 0.29) is 5.57 Å². The van der Waals surface area contributed by atoms with Gasteiger partial charge in [0.05, 0.1) is 0 Å². The number of pyridine rings is 1. The number of nitriles is 2. The molecule has 0 aliphatic heterocycles. The van der Waals surface area contributed by atoms with E-state index in [1.165, 1.54) is 6.08 Å². The van der Waals surface area contributed by atoms with Gasteiger partial charge in [-0.3, -0.25) is 0 Å². The molecule has 12 heavy (non-hydrogen) atoms. The van der Waals surface area contributed by atoms with Crippen LogP contribution in [0.2, 0.25) is 0 Å². The van der Waals surface area contributed by atoms with Crippen LogP contribution < -0.4 is 4.98 Å². The standard InChI is InChI=1S/C9H5N3/c10-5-9(6-11)4-8-2-1-3-12-7-8/h1-4,7H/p+1. The monoisotopic (exact) mass is 156 g/mol. The van der Waals surface area contributed by atoms with Crippen molar-refractivity contribution in [1.29, 1.82) is 10.5 Å². The normalized spacial score (nSPS) is 7.83. The van der Waals surface area contributed by atoms with Crippen LogP contribution in [-0.4, -0.2) is 0 Å². The Kier molecular flexibility index (Phi) is 2.59. The number of rotatable bonds is 1. The summed E-state index contributed by atoms with van der Waals surface area (Å²) in [5, 5.41) is 16.9. The lowest BCUT2D eigenvalue weighted by molar-refractivity contribution is -0.378. The van der Waals surface area contributed by atoms with Gasteiger partial charge in [0, 0.05) is 11.6 Å². The number of allylic oxidation sites excluding steroid dienone is 1. The summed E-state index contributed by atoms with van der Waals surface area (Å²) >= 11 is 0. The van der Waals surface area contributed by atoms with Crippen molar-refractivity contribution in [3.63, 3.8) is 0 Å². The van der Waals surface area contributed by atoms with Gasteiger partial charge in [0.2, 0.25) is 0 Å². The number of hydrogen-bond donors (Lipinski definition) is 0. The van der Waals surface area contributed by atoms with Crippen LogP contribution in [-0.2, 0) is 0 Å². The molecule has 0 aliphatic carbocycles. The molecule has 0 unspecified atom stereocenters. The van der Waals surface area contributed by atoms with Gasteiger partial charge in [-0.1, -0.05) is 0 Å². The molecule has 0 saturated heterocycles. The molecule has 0 saturated carbocycles. The minimum atomic E-state index is 0.106. The lowest BCUT2D eigenvalue weighted by atomic mass is 10.2. The first-order valence-corrected chi connectivity index (χ1v) is 3.35. The minimum Gasteiger partial charge on any atom is -0.217 e. The van der Waals surface area contributed by atoms with Crippen molar-refractivity contribution in [2.45, 2.75) is 0 Å². The van der Waals surface area contributed by atoms with Crippen molar-refractivity contribution in [2.24, 2.45) is 0 Å². The summed E-state index contributed by atoms with van der Waals surface area (Å²) in [6, 6.07) is 7.19. The third kappa shape index (κ3) is 1.93. The lowest BCUT2D eigenvalue weighted by Gasteiger charge is -1.84. The molecule has 1 rings (SSSR count). The van der Waals surface area contributed by atoms with E-state index in [1.807, 2.05) is 6.07 Å². The largest absolute Gasteiger partial charge is 0.217 e. The van der Waals surface area contributed by atoms with Crippen molar-refractivity contribution in [1.82, 2.24) is 0 Å². The van der Waals surface area contributed by atoms with E-state index in [2.05, 4.69) is 4.98 Å². The molecule has 0 aromatic carbocycles. The van der Waals surface area contributed by atoms with Gasteiger partial charge in [-0.2, -0.15) is 10.5 Å². The van der Waals surface area contributed by atoms with Gasteiger partial charge in [0.1, 0.15) is 17.7 Å². The molecule has 0 atom stereocenters. The molecule has 1 aromatic heterocycles. The number of H-pyrrole nitrogens is 1. The first-order valence-electron chi connectivity index (χ1n) is 3.35. The van der Waals surface area contributed by atoms with Gasteiger partial charge < -0.3 is 0 Å². The Morgan fingerprint density at radius 3 is 2.67 bits per heavy atom. The third-order valence-electron chi connectivity index (χ3n) is 1.28. The molecule has 0 aliphatic rings. The van der Waals surface area contributed by atoms with Crippen LogP contribution in [0.25, 0.3) is 6.08 Å². The van der Waals surface area contributed by atoms with Crippen molar-refractivity contribution in [2.75, 3.05) is 0 Å². The van der Waals surface area contributed by atoms with E-state index in [0.717, 1.165) is 5.56 Å². The zero-order chi connectivity index (χ0) is 8.81. The highest BCUT2D eigenvalue weighted by atomic mass is 14.6. The smallest absolute Gasteiger partial charge is 0.174 e. The molecule has 0 fully saturated rings. The van der Waals surface area contributed by atoms with Crippen LogP contribution in [0.1, 0.15) is 5.56 Å². The van der Waals surface area contributed by atoms with Gasteiger partial charge in [-0.05, 0) is 12.1 Å². The SMILES string of the molecule is N#CC(C#N)=Cc1ccc[nH+]c1. The molecule has 0 spiro atoms. The minimum absolute atomic E-state index is 0.106. The number of aromatic amines is 1. The molecule has 56 valence electrons. The van der Waals surface area contributed by atoms with E-state index in [4.69, 9.17) is 10.5 Å². The maximum atomic E-state index is 8.44. The Morgan fingerprint density at radius 2 is 2.17 bits per heavy atom. The summed E-state index contributed by atoms with van der Waals surface area (Å²) in [7, 11) is 0. The van der Waals surface area contributed by atoms with Crippen LogP contribution in [0, 0.1) is 22.7 Å². The summed E-state index contributed by atoms with van der Waals surface area (Å²) in [4.78, 5) is 2.85. The molecule has 0 amide bonds. The molecular formula is C9H6N3+. The molecule has 0 radical (unpaired) electrons. The van der Waals surface area contributed by atoms with Crippen molar-refractivity contribution in [3.05, 3.63) is 35.7 Å². The van der Waals surface area contributed by atoms with Gasteiger partial charge in [-0.15, -0.1) is 0 Å². The van der Waals surface area contributed by atoms with Crippen LogP contribution in [0.5, 0.6) is 0 Å². The predicted molar refractivity (Wildman–Crippen MR) is 42.2 cm³/mol. The molecule has 3 nitrogen and oxygen atoms in total. The zero-order valence-corrected chi connectivity index (χ0v) is 6.28. The quantitative estimate of drug-likeness (QED) is 0.568. The number of hydrogen-bond acceptors (Lipinski definition) is 2. The predicted octanol–water partition coefficient (Wildman–Crippen LogP) is 0.931. The molecule has 1 heterocycles. The van der Waals surface area contributed by atoms with E-state index in [9.17, 15) is 0 Å². The second-order valence-corrected chi connectivity index (χ2v) is 2.12. The summed E-state index contributed by atoms with van der Waals surface area (Å²) in [5.74, 6) is 0. The van der Waals surface area contributed by atoms with E-state index < -0.39 is 0 Å². The summed E-state index contributed by atoms with van der Waals surface area (Å²) in [5.41, 5.74) is 0.921. The highest BCUT2D eigenvalue weighted by Crippen LogP contribution is 2.01. The maximum Gasteiger partial charge on any atom is 0.174 e. The van der Waals surface area contributed by atoms with Crippen LogP contribution in [0.15, 0.2) is 30.1 Å². The van der Waals surface area contributed by atoms with Crippen molar-refractivity contribution in [3.8, 4) is 12.1 Å². The van der Waals surface area contributed by atoms with Crippen molar-refractivity contribution >= 4 is 6.08 Å². The summed E-state index contributed by atoms with van der Waals surface area (Å²) in [6.45, 7) is 0. The Morgan fingerprint density at radius 1 is 1.42 bits per heavy atom. The lowest BCUT2D eigenvalue weighted by Crippen LogP contribution is -1.97. The first kappa shape index (κ1) is 7.97. The molecule has 3 heteroatoms. The number of aromatic nitrogens is 1. The molecular weight excluding hydrogens is 150 g/mol. The Hall–Kier alpha value is -2.13. The molecule has 1 N–H and O–H groups in total. The molecule has 0 bridgehead atoms. The topological polar surface area (TPSA) is 61.7 Å². The second-order valence-electron chi connectivity index (χ2n) is 2.12. The first-order chi connectivity index (χ1) is 5.86. The molecule has 1 aromatic rings. The third-order valence-corrected chi connectivity index (χ3v) is 1.28. The van der Waals surface area contributed by atoms with E-state index >= 15 is 0 Å². The van der Waals surface area contributed by atoms with Gasteiger partial charge >= 0.3 is 0 Å². The Bertz CT molecular complexity index is 349. The maximum absolute atomic E-state index is 8.44. The van der Waals surface area contributed by atoms with E-state index in [1.54, 1.807) is 30.6 Å². The van der Waals surface area contributed by atoms with Crippen LogP contribution >= 0.6 is 0 Å². The van der Waals surface area contributed by atoms with Gasteiger partial charge in [-0.25, -0.2) is 4.98 Å². The average Bonchev–Trinajstić information content (AvgIpc) is 2.16. The second kappa shape index (κ2) is 3.90. The zero-order valence-electron chi connectivity index (χ0n) is 6.28. The Labute approximate surface area is 70.2 Å². The number of nitrogens with one attached hydrogen (secondary N) is 1. The Balaban J connectivity index is 2.98. The highest BCUT2D eigenvalue weighted by molar-refractivity contribution is 5.60. The van der Waals surface area contributed by atoms with Crippen LogP contribution in [0.3, 0.4) is 0 Å². The summed E-state index contributed by atoms with van der Waals surface area (Å²) < 4.78 is 0. The highest BCUT2D eigenvalue weighted by Gasteiger charge is 1.94. The fourth-order valence-electron chi connectivity index (χ4n) is 0.753. The fraction of sp³-hybridized carbons (Fsp3) is 0. The van der Waals surface area contributed by atoms with E-state index in [0.29, 0.717) is 0 Å². The number of nitrogens with zero attached hydrogens (tertiary/aromatic N) is 2. The van der Waals surface area contributed by atoms with Crippen LogP contribution in [0.4, 0.5) is 0 Å². The summed E-state index contributed by atoms with van der Waals surface area (Å²) in [6.07, 6.45) is 5.00.